The van der Waals surface area contributed by atoms with Crippen LogP contribution in [0.25, 0.3) is 22.8 Å². The van der Waals surface area contributed by atoms with Crippen LogP contribution in [0.5, 0.6) is 0 Å². The summed E-state index contributed by atoms with van der Waals surface area (Å²) in [6, 6.07) is 67.6. The second kappa shape index (κ2) is 15.7. The van der Waals surface area contributed by atoms with Crippen molar-refractivity contribution in [1.29, 1.82) is 0 Å². The molecular weight excluding hydrogens is 828 g/mol. The number of para-hydroxylation sites is 2. The van der Waals surface area contributed by atoms with Gasteiger partial charge in [0.2, 0.25) is 0 Å². The zero-order chi connectivity index (χ0) is 34.7. The van der Waals surface area contributed by atoms with Crippen molar-refractivity contribution >= 4 is 34.2 Å². The summed E-state index contributed by atoms with van der Waals surface area (Å²) in [6.07, 6.45) is 4.48. The molecule has 1 fully saturated rings. The van der Waals surface area contributed by atoms with Gasteiger partial charge >= 0.3 is 21.1 Å². The van der Waals surface area contributed by atoms with Gasteiger partial charge in [-0.25, -0.2) is 0 Å². The molecule has 0 amide bonds. The van der Waals surface area contributed by atoms with Gasteiger partial charge in [-0.3, -0.25) is 0 Å². The Morgan fingerprint density at radius 2 is 0.717 bits per heavy atom. The fourth-order valence-corrected chi connectivity index (χ4v) is 8.14. The van der Waals surface area contributed by atoms with E-state index in [9.17, 15) is 0 Å². The van der Waals surface area contributed by atoms with Crippen molar-refractivity contribution in [3.8, 4) is 0 Å². The largest absolute Gasteiger partial charge is 4.00 e. The van der Waals surface area contributed by atoms with Gasteiger partial charge < -0.3 is 19.6 Å². The van der Waals surface area contributed by atoms with E-state index >= 15 is 0 Å². The van der Waals surface area contributed by atoms with E-state index in [1.54, 1.807) is 0 Å². The second-order valence-corrected chi connectivity index (χ2v) is 13.6. The van der Waals surface area contributed by atoms with Crippen LogP contribution in [0.15, 0.2) is 170 Å². The van der Waals surface area contributed by atoms with Crippen LogP contribution in [-0.2, 0) is 21.1 Å². The number of hydrogen-bond donors (Lipinski definition) is 0. The molecule has 262 valence electrons. The van der Waals surface area contributed by atoms with E-state index in [1.807, 2.05) is 24.3 Å². The first-order chi connectivity index (χ1) is 25.8. The van der Waals surface area contributed by atoms with Crippen LogP contribution in [-0.4, -0.2) is 21.9 Å². The third-order valence-electron chi connectivity index (χ3n) is 10.4. The molecule has 0 spiro atoms. The smallest absolute Gasteiger partial charge is 0.497 e. The Morgan fingerprint density at radius 1 is 0.396 bits per heavy atom. The summed E-state index contributed by atoms with van der Waals surface area (Å²) in [4.78, 5) is 9.90. The molecule has 2 unspecified atom stereocenters. The van der Waals surface area contributed by atoms with E-state index in [-0.39, 0.29) is 33.1 Å². The Bertz CT molecular complexity index is 2000. The average Bonchev–Trinajstić information content (AvgIpc) is 3.83. The van der Waals surface area contributed by atoms with Gasteiger partial charge in [0.15, 0.2) is 0 Å². The first-order valence-corrected chi connectivity index (χ1v) is 18.3. The van der Waals surface area contributed by atoms with Gasteiger partial charge in [0.25, 0.3) is 0 Å². The zero-order valence-corrected chi connectivity index (χ0v) is 31.7. The van der Waals surface area contributed by atoms with Crippen molar-refractivity contribution in [2.75, 3.05) is 9.80 Å². The number of anilines is 2. The summed E-state index contributed by atoms with van der Waals surface area (Å²) in [5, 5.41) is 0. The summed E-state index contributed by atoms with van der Waals surface area (Å²) < 4.78 is 0. The van der Waals surface area contributed by atoms with E-state index < -0.39 is 0 Å². The van der Waals surface area contributed by atoms with E-state index in [4.69, 9.17) is 0 Å². The maximum absolute atomic E-state index is 3.55. The molecule has 2 aliphatic heterocycles. The average molecular weight is 868 g/mol. The molecule has 9 rings (SSSR count). The molecule has 1 aliphatic carbocycles. The summed E-state index contributed by atoms with van der Waals surface area (Å²) in [5.74, 6) is 0. The second-order valence-electron chi connectivity index (χ2n) is 13.6. The minimum absolute atomic E-state index is 0. The number of rotatable bonds is 8. The van der Waals surface area contributed by atoms with Crippen LogP contribution in [0.1, 0.15) is 47.9 Å². The molecule has 5 heteroatoms. The maximum atomic E-state index is 3.55. The topological polar surface area (TPSA) is 13.0 Å². The summed E-state index contributed by atoms with van der Waals surface area (Å²) >= 11 is 0. The predicted molar refractivity (Wildman–Crippen MR) is 213 cm³/mol. The molecular formula is C48H40N4Pt. The summed E-state index contributed by atoms with van der Waals surface area (Å²) in [7, 11) is 0. The molecule has 6 aromatic rings. The monoisotopic (exact) mass is 867 g/mol. The van der Waals surface area contributed by atoms with E-state index in [0.29, 0.717) is 0 Å². The molecule has 0 N–H and O–H groups in total. The van der Waals surface area contributed by atoms with Crippen LogP contribution < -0.4 is 9.80 Å². The normalized spacial score (nSPS) is 18.8. The molecule has 2 atom stereocenters. The quantitative estimate of drug-likeness (QED) is 0.141. The molecule has 6 aromatic carbocycles. The van der Waals surface area contributed by atoms with Gasteiger partial charge in [0, 0.05) is 34.9 Å². The molecule has 3 aliphatic rings. The molecule has 0 radical (unpaired) electrons. The van der Waals surface area contributed by atoms with Crippen LogP contribution in [0.2, 0.25) is 0 Å². The van der Waals surface area contributed by atoms with Crippen molar-refractivity contribution < 1.29 is 21.1 Å². The number of hydrogen-bond acceptors (Lipinski definition) is 4. The Hall–Kier alpha value is -5.31. The molecule has 2 heterocycles. The van der Waals surface area contributed by atoms with Crippen LogP contribution in [0.4, 0.5) is 11.4 Å². The molecule has 1 saturated carbocycles. The van der Waals surface area contributed by atoms with Gasteiger partial charge in [-0.05, 0) is 35.1 Å². The fraction of sp³-hybridized carbons (Fsp3) is 0.125. The zero-order valence-electron chi connectivity index (χ0n) is 29.4. The number of benzene rings is 6. The van der Waals surface area contributed by atoms with Crippen LogP contribution in [0.3, 0.4) is 0 Å². The maximum Gasteiger partial charge on any atom is 4.00 e. The summed E-state index contributed by atoms with van der Waals surface area (Å²) in [6.45, 7) is 4.70. The standard InChI is InChI=1S/C48H40N4.Pt/c1-7-21-37(22-8-1)45-47(39-25-11-3-12-26-39)51(35-49(45)41-29-15-5-16-30-41)43-33-19-20-34-44(43)52-36-50(42-31-17-6-18-32-42)46(38-23-9-2-10-24-38)48(52)40-27-13-4-14-28-40;/h1-18,21-29,31,35-36,43-44H,19-20,33-34H2;/q-4;+4. The van der Waals surface area contributed by atoms with Gasteiger partial charge in [-0.1, -0.05) is 134 Å². The van der Waals surface area contributed by atoms with E-state index in [0.717, 1.165) is 24.2 Å². The van der Waals surface area contributed by atoms with Crippen molar-refractivity contribution in [3.63, 3.8) is 0 Å². The van der Waals surface area contributed by atoms with E-state index in [1.165, 1.54) is 57.9 Å². The molecule has 0 aromatic heterocycles. The number of nitrogens with zero attached hydrogens (tertiary/aromatic N) is 4. The minimum Gasteiger partial charge on any atom is -0.497 e. The minimum atomic E-state index is 0. The Morgan fingerprint density at radius 3 is 1.04 bits per heavy atom. The van der Waals surface area contributed by atoms with Gasteiger partial charge in [0.1, 0.15) is 0 Å². The van der Waals surface area contributed by atoms with E-state index in [2.05, 4.69) is 191 Å². The van der Waals surface area contributed by atoms with Crippen LogP contribution in [0, 0.1) is 25.5 Å². The third-order valence-corrected chi connectivity index (χ3v) is 10.4. The fourth-order valence-electron chi connectivity index (χ4n) is 8.14. The van der Waals surface area contributed by atoms with Gasteiger partial charge in [-0.2, -0.15) is 74.0 Å². The SMILES string of the molecule is [Pt+4].[c-]1ccccc1N1[CH-]N(C2CCCCC2N2[CH-]N(c3[c-]cccc3)C(c3ccccc3)=C2c2ccccc2)C(c2ccccc2)=C1c1ccccc1. The van der Waals surface area contributed by atoms with Gasteiger partial charge in [-0.15, -0.1) is 11.4 Å². The molecule has 0 bridgehead atoms. The summed E-state index contributed by atoms with van der Waals surface area (Å²) in [5.41, 5.74) is 11.6. The van der Waals surface area contributed by atoms with Crippen molar-refractivity contribution in [2.45, 2.75) is 37.8 Å². The van der Waals surface area contributed by atoms with Crippen molar-refractivity contribution in [2.24, 2.45) is 0 Å². The first-order valence-electron chi connectivity index (χ1n) is 18.3. The van der Waals surface area contributed by atoms with Crippen molar-refractivity contribution in [3.05, 3.63) is 218 Å². The molecule has 53 heavy (non-hydrogen) atoms. The van der Waals surface area contributed by atoms with Crippen molar-refractivity contribution in [1.82, 2.24) is 9.80 Å². The van der Waals surface area contributed by atoms with Crippen LogP contribution >= 0.6 is 0 Å². The molecule has 0 saturated heterocycles. The first kappa shape index (κ1) is 34.8. The predicted octanol–water partition coefficient (Wildman–Crippen LogP) is 10.8. The van der Waals surface area contributed by atoms with Gasteiger partial charge in [0.05, 0.1) is 0 Å². The third kappa shape index (κ3) is 6.73. The Balaban J connectivity index is 0.00000400. The molecule has 4 nitrogen and oxygen atoms in total. The Kier molecular flexibility index (Phi) is 10.3. The Labute approximate surface area is 328 Å².